The second-order valence-corrected chi connectivity index (χ2v) is 8.76. The zero-order chi connectivity index (χ0) is 25.2. The quantitative estimate of drug-likeness (QED) is 0.406. The van der Waals surface area contributed by atoms with Gasteiger partial charge in [0.1, 0.15) is 17.4 Å². The minimum atomic E-state index is -0.402. The number of ether oxygens (including phenoxy) is 2. The van der Waals surface area contributed by atoms with Crippen molar-refractivity contribution in [2.75, 3.05) is 24.8 Å². The molecule has 3 aromatic carbocycles. The van der Waals surface area contributed by atoms with E-state index in [1.807, 2.05) is 0 Å². The SMILES string of the molecule is COc1ccc(C(=O)Nc2ccc3c(-c4cccc(F)c4)c(N)n(CC4CCCO4)c(=O)c3c2)cc1. The molecule has 0 radical (unpaired) electrons. The average Bonchev–Trinajstić information content (AvgIpc) is 3.40. The molecule has 8 heteroatoms. The zero-order valence-corrected chi connectivity index (χ0v) is 19.8. The molecule has 0 aliphatic carbocycles. The molecule has 1 fully saturated rings. The Balaban J connectivity index is 1.60. The maximum atomic E-state index is 14.1. The molecular weight excluding hydrogens is 461 g/mol. The number of nitrogen functional groups attached to an aromatic ring is 1. The van der Waals surface area contributed by atoms with Crippen LogP contribution in [0.15, 0.2) is 71.5 Å². The summed E-state index contributed by atoms with van der Waals surface area (Å²) in [6, 6.07) is 17.9. The lowest BCUT2D eigenvalue weighted by molar-refractivity contribution is 0.0968. The van der Waals surface area contributed by atoms with E-state index in [-0.39, 0.29) is 23.4 Å². The summed E-state index contributed by atoms with van der Waals surface area (Å²) < 4.78 is 26.5. The highest BCUT2D eigenvalue weighted by molar-refractivity contribution is 6.07. The van der Waals surface area contributed by atoms with Crippen LogP contribution >= 0.6 is 0 Å². The van der Waals surface area contributed by atoms with Crippen molar-refractivity contribution in [3.63, 3.8) is 0 Å². The molecule has 3 N–H and O–H groups in total. The van der Waals surface area contributed by atoms with E-state index in [0.29, 0.717) is 52.1 Å². The number of pyridine rings is 1. The van der Waals surface area contributed by atoms with Crippen LogP contribution in [0.4, 0.5) is 15.9 Å². The van der Waals surface area contributed by atoms with Crippen molar-refractivity contribution >= 4 is 28.2 Å². The van der Waals surface area contributed by atoms with Crippen LogP contribution in [-0.4, -0.2) is 30.3 Å². The van der Waals surface area contributed by atoms with Crippen molar-refractivity contribution in [1.82, 2.24) is 4.57 Å². The van der Waals surface area contributed by atoms with E-state index in [4.69, 9.17) is 15.2 Å². The van der Waals surface area contributed by atoms with Gasteiger partial charge in [-0.15, -0.1) is 0 Å². The van der Waals surface area contributed by atoms with Crippen molar-refractivity contribution in [3.05, 3.63) is 88.5 Å². The number of amides is 1. The lowest BCUT2D eigenvalue weighted by Gasteiger charge is -2.20. The summed E-state index contributed by atoms with van der Waals surface area (Å²) in [4.78, 5) is 26.4. The normalized spacial score (nSPS) is 15.2. The first-order valence-electron chi connectivity index (χ1n) is 11.7. The number of carbonyl (C=O) groups excluding carboxylic acids is 1. The van der Waals surface area contributed by atoms with Crippen molar-refractivity contribution in [2.24, 2.45) is 0 Å². The van der Waals surface area contributed by atoms with E-state index < -0.39 is 5.82 Å². The fourth-order valence-corrected chi connectivity index (χ4v) is 4.61. The first-order chi connectivity index (χ1) is 17.4. The number of hydrogen-bond acceptors (Lipinski definition) is 5. The van der Waals surface area contributed by atoms with E-state index in [0.717, 1.165) is 12.8 Å². The van der Waals surface area contributed by atoms with Crippen LogP contribution in [0.2, 0.25) is 0 Å². The number of halogens is 1. The summed E-state index contributed by atoms with van der Waals surface area (Å²) in [5.41, 5.74) is 8.28. The largest absolute Gasteiger partial charge is 0.497 e. The molecule has 1 atom stereocenters. The predicted octanol–water partition coefficient (Wildman–Crippen LogP) is 4.83. The van der Waals surface area contributed by atoms with Crippen molar-refractivity contribution in [3.8, 4) is 16.9 Å². The van der Waals surface area contributed by atoms with E-state index in [1.165, 1.54) is 16.7 Å². The van der Waals surface area contributed by atoms with Crippen LogP contribution < -0.4 is 21.3 Å². The fourth-order valence-electron chi connectivity index (χ4n) is 4.61. The number of aromatic nitrogens is 1. The van der Waals surface area contributed by atoms with Gasteiger partial charge in [0.25, 0.3) is 11.5 Å². The Bertz CT molecular complexity index is 1490. The van der Waals surface area contributed by atoms with Crippen LogP contribution in [0.1, 0.15) is 23.2 Å². The number of carbonyl (C=O) groups is 1. The van der Waals surface area contributed by atoms with E-state index in [1.54, 1.807) is 61.7 Å². The monoisotopic (exact) mass is 487 g/mol. The first kappa shape index (κ1) is 23.6. The van der Waals surface area contributed by atoms with E-state index in [9.17, 15) is 14.0 Å². The Morgan fingerprint density at radius 2 is 1.94 bits per heavy atom. The van der Waals surface area contributed by atoms with Gasteiger partial charge in [0.15, 0.2) is 0 Å². The second kappa shape index (κ2) is 9.83. The predicted molar refractivity (Wildman–Crippen MR) is 138 cm³/mol. The standard InChI is InChI=1S/C28H26FN3O4/c1-35-21-10-7-17(8-11-21)27(33)31-20-9-12-23-24(15-20)28(34)32(16-22-6-3-13-36-22)26(30)25(23)18-4-2-5-19(29)14-18/h2,4-5,7-12,14-15,22H,3,6,13,16,30H2,1H3,(H,31,33). The Morgan fingerprint density at radius 3 is 2.64 bits per heavy atom. The highest BCUT2D eigenvalue weighted by Gasteiger charge is 2.22. The number of benzene rings is 3. The molecular formula is C28H26FN3O4. The molecule has 0 spiro atoms. The minimum Gasteiger partial charge on any atom is -0.497 e. The first-order valence-corrected chi connectivity index (χ1v) is 11.7. The van der Waals surface area contributed by atoms with Crippen LogP contribution in [-0.2, 0) is 11.3 Å². The van der Waals surface area contributed by atoms with Crippen LogP contribution in [0.5, 0.6) is 5.75 Å². The third kappa shape index (κ3) is 4.55. The zero-order valence-electron chi connectivity index (χ0n) is 19.8. The van der Waals surface area contributed by atoms with E-state index in [2.05, 4.69) is 5.32 Å². The smallest absolute Gasteiger partial charge is 0.260 e. The second-order valence-electron chi connectivity index (χ2n) is 8.76. The fraction of sp³-hybridized carbons (Fsp3) is 0.214. The Kier molecular flexibility index (Phi) is 6.43. The number of nitrogens with one attached hydrogen (secondary N) is 1. The number of hydrogen-bond donors (Lipinski definition) is 2. The molecule has 36 heavy (non-hydrogen) atoms. The maximum absolute atomic E-state index is 14.1. The Morgan fingerprint density at radius 1 is 1.14 bits per heavy atom. The van der Waals surface area contributed by atoms with Crippen LogP contribution in [0.25, 0.3) is 21.9 Å². The third-order valence-electron chi connectivity index (χ3n) is 6.44. The van der Waals surface area contributed by atoms with Gasteiger partial charge in [0, 0.05) is 28.8 Å². The summed E-state index contributed by atoms with van der Waals surface area (Å²) in [6.07, 6.45) is 1.63. The van der Waals surface area contributed by atoms with Gasteiger partial charge in [-0.3, -0.25) is 14.2 Å². The Hall–Kier alpha value is -4.17. The number of rotatable bonds is 6. The molecule has 1 aliphatic heterocycles. The van der Waals surface area contributed by atoms with Gasteiger partial charge < -0.3 is 20.5 Å². The highest BCUT2D eigenvalue weighted by Crippen LogP contribution is 2.34. The van der Waals surface area contributed by atoms with Gasteiger partial charge in [-0.25, -0.2) is 4.39 Å². The third-order valence-corrected chi connectivity index (χ3v) is 6.44. The number of nitrogens with two attached hydrogens (primary N) is 1. The molecule has 7 nitrogen and oxygen atoms in total. The lowest BCUT2D eigenvalue weighted by Crippen LogP contribution is -2.29. The molecule has 1 unspecified atom stereocenters. The molecule has 0 saturated carbocycles. The maximum Gasteiger partial charge on any atom is 0.260 e. The molecule has 0 bridgehead atoms. The Labute approximate surface area is 207 Å². The number of anilines is 2. The number of fused-ring (bicyclic) bond motifs is 1. The summed E-state index contributed by atoms with van der Waals surface area (Å²) in [5.74, 6) is 0.174. The van der Waals surface area contributed by atoms with E-state index >= 15 is 0 Å². The lowest BCUT2D eigenvalue weighted by atomic mass is 9.98. The van der Waals surface area contributed by atoms with Gasteiger partial charge in [0.2, 0.25) is 0 Å². The molecule has 184 valence electrons. The van der Waals surface area contributed by atoms with Crippen molar-refractivity contribution in [1.29, 1.82) is 0 Å². The van der Waals surface area contributed by atoms with Crippen LogP contribution in [0.3, 0.4) is 0 Å². The minimum absolute atomic E-state index is 0.124. The summed E-state index contributed by atoms with van der Waals surface area (Å²) in [5, 5.41) is 3.79. The van der Waals surface area contributed by atoms with Gasteiger partial charge in [-0.2, -0.15) is 0 Å². The van der Waals surface area contributed by atoms with Gasteiger partial charge in [-0.05, 0) is 72.3 Å². The number of methoxy groups -OCH3 is 1. The van der Waals surface area contributed by atoms with Crippen molar-refractivity contribution in [2.45, 2.75) is 25.5 Å². The molecule has 2 heterocycles. The summed E-state index contributed by atoms with van der Waals surface area (Å²) in [6.45, 7) is 0.941. The topological polar surface area (TPSA) is 95.6 Å². The molecule has 1 saturated heterocycles. The molecule has 4 aromatic rings. The van der Waals surface area contributed by atoms with Gasteiger partial charge >= 0.3 is 0 Å². The molecule has 1 aromatic heterocycles. The molecule has 1 amide bonds. The molecule has 1 aliphatic rings. The summed E-state index contributed by atoms with van der Waals surface area (Å²) in [7, 11) is 1.56. The van der Waals surface area contributed by atoms with Crippen molar-refractivity contribution < 1.29 is 18.7 Å². The number of nitrogens with zero attached hydrogens (tertiary/aromatic N) is 1. The highest BCUT2D eigenvalue weighted by atomic mass is 19.1. The average molecular weight is 488 g/mol. The molecule has 5 rings (SSSR count). The van der Waals surface area contributed by atoms with Gasteiger partial charge in [0.05, 0.1) is 19.8 Å². The van der Waals surface area contributed by atoms with Gasteiger partial charge in [-0.1, -0.05) is 18.2 Å². The summed E-state index contributed by atoms with van der Waals surface area (Å²) >= 11 is 0. The van der Waals surface area contributed by atoms with Crippen LogP contribution in [0, 0.1) is 5.82 Å².